The lowest BCUT2D eigenvalue weighted by atomic mass is 10.0. The van der Waals surface area contributed by atoms with E-state index in [0.717, 1.165) is 6.42 Å². The lowest BCUT2D eigenvalue weighted by Gasteiger charge is -2.11. The van der Waals surface area contributed by atoms with Gasteiger partial charge in [0, 0.05) is 0 Å². The van der Waals surface area contributed by atoms with Crippen molar-refractivity contribution in [3.05, 3.63) is 0 Å². The second-order valence-electron chi connectivity index (χ2n) is 2.27. The summed E-state index contributed by atoms with van der Waals surface area (Å²) in [6.07, 6.45) is 0.748. The van der Waals surface area contributed by atoms with Gasteiger partial charge in [0.2, 0.25) is 0 Å². The molecule has 2 unspecified atom stereocenters. The molecule has 0 aliphatic rings. The predicted molar refractivity (Wildman–Crippen MR) is 37.1 cm³/mol. The van der Waals surface area contributed by atoms with Crippen LogP contribution in [0.4, 0.5) is 0 Å². The molecule has 0 spiro atoms. The van der Waals surface area contributed by atoms with E-state index in [1.165, 1.54) is 0 Å². The van der Waals surface area contributed by atoms with E-state index < -0.39 is 12.0 Å². The molecular weight excluding hydrogens is 130 g/mol. The van der Waals surface area contributed by atoms with Crippen LogP contribution >= 0.6 is 0 Å². The van der Waals surface area contributed by atoms with Gasteiger partial charge in [0.25, 0.3) is 0 Å². The first-order chi connectivity index (χ1) is 4.76. The maximum Gasteiger partial charge on any atom is 0.0952 e. The molecule has 0 aliphatic heterocycles. The van der Waals surface area contributed by atoms with E-state index in [9.17, 15) is 0 Å². The SMILES string of the molecule is CCCC(O)C(C#N)CO. The first-order valence-corrected chi connectivity index (χ1v) is 3.44. The van der Waals surface area contributed by atoms with Crippen LogP contribution in [0.25, 0.3) is 0 Å². The van der Waals surface area contributed by atoms with Gasteiger partial charge >= 0.3 is 0 Å². The maximum absolute atomic E-state index is 9.13. The number of aliphatic hydroxyl groups is 2. The van der Waals surface area contributed by atoms with Crippen molar-refractivity contribution in [3.8, 4) is 6.07 Å². The number of nitrogens with zero attached hydrogens (tertiary/aromatic N) is 1. The number of aliphatic hydroxyl groups excluding tert-OH is 2. The van der Waals surface area contributed by atoms with Crippen LogP contribution < -0.4 is 0 Å². The van der Waals surface area contributed by atoms with Gasteiger partial charge in [0.1, 0.15) is 0 Å². The van der Waals surface area contributed by atoms with Crippen LogP contribution in [0.3, 0.4) is 0 Å². The normalized spacial score (nSPS) is 15.8. The van der Waals surface area contributed by atoms with Gasteiger partial charge < -0.3 is 10.2 Å². The van der Waals surface area contributed by atoms with E-state index in [0.29, 0.717) is 6.42 Å². The van der Waals surface area contributed by atoms with Gasteiger partial charge in [-0.15, -0.1) is 0 Å². The van der Waals surface area contributed by atoms with Crippen molar-refractivity contribution in [2.45, 2.75) is 25.9 Å². The Kier molecular flexibility index (Phi) is 4.91. The molecule has 0 amide bonds. The molecule has 58 valence electrons. The third kappa shape index (κ3) is 2.81. The first-order valence-electron chi connectivity index (χ1n) is 3.44. The summed E-state index contributed by atoms with van der Waals surface area (Å²) in [5.74, 6) is -0.611. The van der Waals surface area contributed by atoms with Crippen molar-refractivity contribution < 1.29 is 10.2 Å². The summed E-state index contributed by atoms with van der Waals surface area (Å²) in [5, 5.41) is 26.0. The number of rotatable bonds is 4. The van der Waals surface area contributed by atoms with Gasteiger partial charge in [-0.05, 0) is 6.42 Å². The van der Waals surface area contributed by atoms with Crippen LogP contribution in [0.15, 0.2) is 0 Å². The lowest BCUT2D eigenvalue weighted by molar-refractivity contribution is 0.0877. The van der Waals surface area contributed by atoms with Gasteiger partial charge in [0.05, 0.1) is 24.7 Å². The molecule has 2 N–H and O–H groups in total. The van der Waals surface area contributed by atoms with Crippen molar-refractivity contribution in [2.75, 3.05) is 6.61 Å². The van der Waals surface area contributed by atoms with Crippen LogP contribution in [-0.2, 0) is 0 Å². The topological polar surface area (TPSA) is 64.2 Å². The molecule has 0 bridgehead atoms. The molecule has 10 heavy (non-hydrogen) atoms. The summed E-state index contributed by atoms with van der Waals surface area (Å²) in [4.78, 5) is 0. The second-order valence-corrected chi connectivity index (χ2v) is 2.27. The Hall–Kier alpha value is -0.590. The first kappa shape index (κ1) is 9.41. The second kappa shape index (κ2) is 5.21. The molecule has 0 heterocycles. The molecular formula is C7H13NO2. The summed E-state index contributed by atoms with van der Waals surface area (Å²) in [6, 6.07) is 1.84. The minimum absolute atomic E-state index is 0.252. The number of hydrogen-bond donors (Lipinski definition) is 2. The Labute approximate surface area is 60.9 Å². The zero-order valence-corrected chi connectivity index (χ0v) is 6.12. The highest BCUT2D eigenvalue weighted by molar-refractivity contribution is 4.87. The average Bonchev–Trinajstić information content (AvgIpc) is 1.91. The monoisotopic (exact) mass is 143 g/mol. The Bertz CT molecular complexity index is 119. The van der Waals surface area contributed by atoms with E-state index >= 15 is 0 Å². The van der Waals surface area contributed by atoms with E-state index in [2.05, 4.69) is 0 Å². The third-order valence-electron chi connectivity index (χ3n) is 1.41. The molecule has 0 saturated heterocycles. The lowest BCUT2D eigenvalue weighted by Crippen LogP contribution is -2.21. The Morgan fingerprint density at radius 1 is 1.60 bits per heavy atom. The Balaban J connectivity index is 3.67. The van der Waals surface area contributed by atoms with Crippen molar-refractivity contribution in [3.63, 3.8) is 0 Å². The summed E-state index contributed by atoms with van der Waals surface area (Å²) in [7, 11) is 0. The molecule has 0 aromatic rings. The minimum atomic E-state index is -0.667. The van der Waals surface area contributed by atoms with Gasteiger partial charge in [-0.2, -0.15) is 5.26 Å². The molecule has 0 rings (SSSR count). The smallest absolute Gasteiger partial charge is 0.0952 e. The highest BCUT2D eigenvalue weighted by Crippen LogP contribution is 2.07. The van der Waals surface area contributed by atoms with Gasteiger partial charge in [-0.1, -0.05) is 13.3 Å². The van der Waals surface area contributed by atoms with Crippen LogP contribution in [0.2, 0.25) is 0 Å². The van der Waals surface area contributed by atoms with Crippen LogP contribution in [0.5, 0.6) is 0 Å². The van der Waals surface area contributed by atoms with E-state index in [-0.39, 0.29) is 6.61 Å². The fourth-order valence-corrected chi connectivity index (χ4v) is 0.745. The standard InChI is InChI=1S/C7H13NO2/c1-2-3-7(10)6(4-8)5-9/h6-7,9-10H,2-3,5H2,1H3. The molecule has 0 saturated carbocycles. The van der Waals surface area contributed by atoms with Gasteiger partial charge in [-0.3, -0.25) is 0 Å². The Morgan fingerprint density at radius 3 is 2.50 bits per heavy atom. The minimum Gasteiger partial charge on any atom is -0.395 e. The average molecular weight is 143 g/mol. The van der Waals surface area contributed by atoms with Crippen molar-refractivity contribution in [1.82, 2.24) is 0 Å². The van der Waals surface area contributed by atoms with Gasteiger partial charge in [-0.25, -0.2) is 0 Å². The zero-order valence-electron chi connectivity index (χ0n) is 6.12. The third-order valence-corrected chi connectivity index (χ3v) is 1.41. The van der Waals surface area contributed by atoms with Crippen LogP contribution in [-0.4, -0.2) is 22.9 Å². The van der Waals surface area contributed by atoms with Crippen LogP contribution in [0, 0.1) is 17.2 Å². The van der Waals surface area contributed by atoms with Crippen molar-refractivity contribution in [1.29, 1.82) is 5.26 Å². The maximum atomic E-state index is 9.13. The van der Waals surface area contributed by atoms with E-state index in [1.807, 2.05) is 13.0 Å². The molecule has 0 fully saturated rings. The predicted octanol–water partition coefficient (Wildman–Crippen LogP) is 0.279. The highest BCUT2D eigenvalue weighted by atomic mass is 16.3. The number of hydrogen-bond acceptors (Lipinski definition) is 3. The molecule has 2 atom stereocenters. The van der Waals surface area contributed by atoms with E-state index in [1.54, 1.807) is 0 Å². The van der Waals surface area contributed by atoms with Crippen molar-refractivity contribution in [2.24, 2.45) is 5.92 Å². The molecule has 0 aliphatic carbocycles. The van der Waals surface area contributed by atoms with Crippen LogP contribution in [0.1, 0.15) is 19.8 Å². The fourth-order valence-electron chi connectivity index (χ4n) is 0.745. The quantitative estimate of drug-likeness (QED) is 0.594. The molecule has 3 heteroatoms. The molecule has 0 aromatic heterocycles. The summed E-state index contributed by atoms with van der Waals surface area (Å²) in [5.41, 5.74) is 0. The molecule has 3 nitrogen and oxygen atoms in total. The molecule has 0 radical (unpaired) electrons. The van der Waals surface area contributed by atoms with Crippen molar-refractivity contribution >= 4 is 0 Å². The fraction of sp³-hybridized carbons (Fsp3) is 0.857. The number of nitriles is 1. The Morgan fingerprint density at radius 2 is 2.20 bits per heavy atom. The zero-order chi connectivity index (χ0) is 7.98. The van der Waals surface area contributed by atoms with E-state index in [4.69, 9.17) is 15.5 Å². The largest absolute Gasteiger partial charge is 0.395 e. The summed E-state index contributed by atoms with van der Waals surface area (Å²) in [6.45, 7) is 1.67. The highest BCUT2D eigenvalue weighted by Gasteiger charge is 2.15. The summed E-state index contributed by atoms with van der Waals surface area (Å²) >= 11 is 0. The summed E-state index contributed by atoms with van der Waals surface area (Å²) < 4.78 is 0. The molecule has 0 aromatic carbocycles. The van der Waals surface area contributed by atoms with Gasteiger partial charge in [0.15, 0.2) is 0 Å².